The number of hydrogen-bond acceptors (Lipinski definition) is 13. The zero-order valence-corrected chi connectivity index (χ0v) is 39.4. The Bertz CT molecular complexity index is 2330. The second-order valence-electron chi connectivity index (χ2n) is 17.3. The van der Waals surface area contributed by atoms with Gasteiger partial charge in [-0.1, -0.05) is 54.6 Å². The Morgan fingerprint density at radius 1 is 0.908 bits per heavy atom. The van der Waals surface area contributed by atoms with Crippen LogP contribution in [0.5, 0.6) is 11.5 Å². The molecule has 0 spiro atoms. The molecule has 348 valence electrons. The van der Waals surface area contributed by atoms with Gasteiger partial charge < -0.3 is 42.5 Å². The third-order valence-electron chi connectivity index (χ3n) is 12.5. The Hall–Kier alpha value is -4.95. The molecule has 0 saturated carbocycles. The Kier molecular flexibility index (Phi) is 15.3. The van der Waals surface area contributed by atoms with Crippen LogP contribution in [0.1, 0.15) is 69.0 Å². The lowest BCUT2D eigenvalue weighted by atomic mass is 9.79. The summed E-state index contributed by atoms with van der Waals surface area (Å²) < 4.78 is 50.1. The lowest BCUT2D eigenvalue weighted by molar-refractivity contribution is -0.151. The lowest BCUT2D eigenvalue weighted by Gasteiger charge is -2.43. The summed E-state index contributed by atoms with van der Waals surface area (Å²) in [6, 6.07) is 27.2. The zero-order valence-electron chi connectivity index (χ0n) is 38.5. The highest BCUT2D eigenvalue weighted by molar-refractivity contribution is 7.44. The maximum atomic E-state index is 14.7. The molecule has 3 fully saturated rings. The number of nitriles is 1. The van der Waals surface area contributed by atoms with E-state index in [0.29, 0.717) is 37.7 Å². The van der Waals surface area contributed by atoms with Crippen molar-refractivity contribution in [1.29, 1.82) is 5.26 Å². The van der Waals surface area contributed by atoms with Gasteiger partial charge in [-0.25, -0.2) is 9.46 Å². The van der Waals surface area contributed by atoms with Gasteiger partial charge in [0.25, 0.3) is 20.0 Å². The number of methoxy groups -OCH3 is 2. The molecule has 1 unspecified atom stereocenters. The molecule has 3 saturated heterocycles. The quantitative estimate of drug-likeness (QED) is 0.0731. The van der Waals surface area contributed by atoms with Crippen LogP contribution in [-0.2, 0) is 33.7 Å². The Balaban J connectivity index is 1.42. The van der Waals surface area contributed by atoms with Gasteiger partial charge in [0, 0.05) is 56.4 Å². The molecular formula is C48H61N6O10P. The number of amides is 1. The number of likely N-dealkylation sites (N-methyl/N-ethyl adjacent to an activating group) is 1. The van der Waals surface area contributed by atoms with Gasteiger partial charge in [-0.05, 0) is 82.6 Å². The van der Waals surface area contributed by atoms with Crippen LogP contribution < -0.4 is 20.7 Å². The minimum absolute atomic E-state index is 0.0261. The number of carbonyl (C=O) groups excluding carboxylic acids is 1. The average Bonchev–Trinajstić information content (AvgIpc) is 3.82. The van der Waals surface area contributed by atoms with E-state index in [1.807, 2.05) is 119 Å². The summed E-state index contributed by atoms with van der Waals surface area (Å²) in [7, 11) is 3.27. The topological polar surface area (TPSA) is 170 Å². The SMILES string of the molecule is COc1ccc(C(OC[C@H]2O[C@@H](n3cc(C)c(=O)[nH]c3=O)[C@H]3O[C@@H](C(=O)N4CCN(C)CC4)C[C@]32OP(OCCC#N)N(C(C)C)C(C)C)(c2ccccc2)c2ccc(OC)cc2)cc1. The van der Waals surface area contributed by atoms with Crippen LogP contribution in [0.25, 0.3) is 0 Å². The summed E-state index contributed by atoms with van der Waals surface area (Å²) in [5.74, 6) is 1.12. The minimum Gasteiger partial charge on any atom is -0.497 e. The van der Waals surface area contributed by atoms with Crippen molar-refractivity contribution in [2.24, 2.45) is 0 Å². The van der Waals surface area contributed by atoms with Gasteiger partial charge in [0.2, 0.25) is 0 Å². The first-order chi connectivity index (χ1) is 31.3. The predicted octanol–water partition coefficient (Wildman–Crippen LogP) is 5.73. The van der Waals surface area contributed by atoms with Crippen LogP contribution in [0, 0.1) is 18.3 Å². The smallest absolute Gasteiger partial charge is 0.330 e. The van der Waals surface area contributed by atoms with Crippen LogP contribution in [0.4, 0.5) is 0 Å². The maximum absolute atomic E-state index is 14.7. The van der Waals surface area contributed by atoms with Gasteiger partial charge in [-0.2, -0.15) is 5.26 Å². The molecule has 3 aromatic carbocycles. The number of aromatic amines is 1. The van der Waals surface area contributed by atoms with E-state index < -0.39 is 55.5 Å². The number of aromatic nitrogens is 2. The third-order valence-corrected chi connectivity index (χ3v) is 14.7. The van der Waals surface area contributed by atoms with E-state index in [9.17, 15) is 19.6 Å². The summed E-state index contributed by atoms with van der Waals surface area (Å²) in [5, 5.41) is 9.61. The monoisotopic (exact) mass is 912 g/mol. The molecule has 4 heterocycles. The Labute approximate surface area is 381 Å². The minimum atomic E-state index is -1.98. The number of carbonyl (C=O) groups is 1. The van der Waals surface area contributed by atoms with E-state index in [2.05, 4.69) is 20.6 Å². The molecule has 0 aliphatic carbocycles. The van der Waals surface area contributed by atoms with Crippen LogP contribution in [-0.4, -0.2) is 127 Å². The Morgan fingerprint density at radius 3 is 2.05 bits per heavy atom. The molecule has 17 heteroatoms. The van der Waals surface area contributed by atoms with Crippen molar-refractivity contribution in [2.45, 2.75) is 95.3 Å². The number of hydrogen-bond donors (Lipinski definition) is 1. The second kappa shape index (κ2) is 20.7. The summed E-state index contributed by atoms with van der Waals surface area (Å²) in [5.41, 5.74) is -1.39. The fourth-order valence-corrected chi connectivity index (χ4v) is 11.0. The van der Waals surface area contributed by atoms with Crippen molar-refractivity contribution in [3.8, 4) is 17.6 Å². The van der Waals surface area contributed by atoms with Gasteiger partial charge in [-0.3, -0.25) is 19.1 Å². The highest BCUT2D eigenvalue weighted by atomic mass is 31.2. The molecule has 1 N–H and O–H groups in total. The number of nitrogens with one attached hydrogen (secondary N) is 1. The summed E-state index contributed by atoms with van der Waals surface area (Å²) in [4.78, 5) is 47.7. The van der Waals surface area contributed by atoms with Gasteiger partial charge in [-0.15, -0.1) is 0 Å². The van der Waals surface area contributed by atoms with E-state index >= 15 is 0 Å². The molecule has 6 atom stereocenters. The first kappa shape index (κ1) is 48.0. The molecule has 4 aromatic rings. The van der Waals surface area contributed by atoms with Crippen molar-refractivity contribution in [2.75, 3.05) is 60.7 Å². The van der Waals surface area contributed by atoms with Crippen molar-refractivity contribution in [1.82, 2.24) is 24.0 Å². The van der Waals surface area contributed by atoms with Crippen molar-refractivity contribution >= 4 is 14.4 Å². The predicted molar refractivity (Wildman–Crippen MR) is 245 cm³/mol. The molecule has 65 heavy (non-hydrogen) atoms. The summed E-state index contributed by atoms with van der Waals surface area (Å²) in [6.45, 7) is 12.1. The molecule has 1 amide bonds. The number of H-pyrrole nitrogens is 1. The zero-order chi connectivity index (χ0) is 46.5. The first-order valence-electron chi connectivity index (χ1n) is 22.1. The molecule has 3 aliphatic heterocycles. The number of ether oxygens (including phenoxy) is 5. The van der Waals surface area contributed by atoms with Gasteiger partial charge in [0.05, 0.1) is 39.9 Å². The standard InChI is InChI=1S/C48H61N6O10P/c1-32(2)54(33(3)4)65(61-28-12-23-49)64-47-29-40(44(56)52-26-24-51(6)25-27-52)62-42(47)45(53-30-34(5)43(55)50-46(53)57)63-41(47)31-60-48(35-13-10-9-11-14-35,36-15-19-38(58-7)20-16-36)37-17-21-39(59-8)22-18-37/h9-11,13-22,30,32-33,40-42,45H,12,24-29,31H2,1-8H3,(H,50,55,57)/t40-,41-,42-,45-,47-,65?/m1/s1. The Morgan fingerprint density at radius 2 is 1.49 bits per heavy atom. The van der Waals surface area contributed by atoms with Gasteiger partial charge in [0.15, 0.2) is 6.23 Å². The number of nitrogens with zero attached hydrogens (tertiary/aromatic N) is 5. The molecule has 3 aliphatic rings. The van der Waals surface area contributed by atoms with E-state index in [1.165, 1.54) is 10.8 Å². The number of benzene rings is 3. The van der Waals surface area contributed by atoms with Gasteiger partial charge in [0.1, 0.15) is 41.0 Å². The normalized spacial score (nSPS) is 22.9. The van der Waals surface area contributed by atoms with Crippen molar-refractivity contribution < 1.29 is 37.5 Å². The van der Waals surface area contributed by atoms with Crippen LogP contribution in [0.15, 0.2) is 94.6 Å². The van der Waals surface area contributed by atoms with E-state index in [-0.39, 0.29) is 49.6 Å². The fraction of sp³-hybridized carbons (Fsp3) is 0.500. The highest BCUT2D eigenvalue weighted by Gasteiger charge is 2.68. The third kappa shape index (κ3) is 9.80. The van der Waals surface area contributed by atoms with Gasteiger partial charge >= 0.3 is 5.69 Å². The van der Waals surface area contributed by atoms with E-state index in [0.717, 1.165) is 16.7 Å². The molecular weight excluding hydrogens is 852 g/mol. The molecule has 0 bridgehead atoms. The van der Waals surface area contributed by atoms with Crippen LogP contribution >= 0.6 is 8.53 Å². The maximum Gasteiger partial charge on any atom is 0.330 e. The number of fused-ring (bicyclic) bond motifs is 1. The summed E-state index contributed by atoms with van der Waals surface area (Å²) in [6.07, 6.45) is -2.70. The number of rotatable bonds is 18. The summed E-state index contributed by atoms with van der Waals surface area (Å²) >= 11 is 0. The van der Waals surface area contributed by atoms with E-state index in [4.69, 9.17) is 32.7 Å². The average molecular weight is 913 g/mol. The fourth-order valence-electron chi connectivity index (χ4n) is 9.12. The van der Waals surface area contributed by atoms with Crippen LogP contribution in [0.2, 0.25) is 0 Å². The number of aryl methyl sites for hydroxylation is 1. The molecule has 0 radical (unpaired) electrons. The second-order valence-corrected chi connectivity index (χ2v) is 18.7. The highest BCUT2D eigenvalue weighted by Crippen LogP contribution is 2.59. The van der Waals surface area contributed by atoms with Crippen LogP contribution in [0.3, 0.4) is 0 Å². The van der Waals surface area contributed by atoms with E-state index in [1.54, 1.807) is 21.1 Å². The van der Waals surface area contributed by atoms with Crippen molar-refractivity contribution in [3.05, 3.63) is 128 Å². The first-order valence-corrected chi connectivity index (χ1v) is 23.3. The molecule has 7 rings (SSSR count). The van der Waals surface area contributed by atoms with Crippen molar-refractivity contribution in [3.63, 3.8) is 0 Å². The molecule has 16 nitrogen and oxygen atoms in total. The lowest BCUT2D eigenvalue weighted by Crippen LogP contribution is -2.52. The molecule has 1 aromatic heterocycles. The number of piperazine rings is 1. The largest absolute Gasteiger partial charge is 0.497 e.